The van der Waals surface area contributed by atoms with Crippen molar-refractivity contribution in [1.29, 1.82) is 0 Å². The summed E-state index contributed by atoms with van der Waals surface area (Å²) in [4.78, 5) is 29.3. The molecule has 0 radical (unpaired) electrons. The standard InChI is InChI=1S/C27H23F4N3O7/c1-25(24(32)36)11-39-21-16(25)9-19(34-20(21)13-3-5-15(28)6-4-13)26(37,27(29,30)31)10-33-23(35)14-7-17(38-2)22-18(8-14)40-12-41-22/h3-9,37H,10-12H2,1-2H3,(H2,32,36)(H,33,35)/t25-,26-/m0/s1. The number of hydrogen-bond acceptors (Lipinski definition) is 8. The number of hydrogen-bond donors (Lipinski definition) is 3. The lowest BCUT2D eigenvalue weighted by atomic mass is 9.81. The minimum Gasteiger partial charge on any atom is -0.493 e. The number of alkyl halides is 3. The van der Waals surface area contributed by atoms with Crippen LogP contribution >= 0.6 is 0 Å². The molecule has 2 aliphatic heterocycles. The summed E-state index contributed by atoms with van der Waals surface area (Å²) in [5, 5.41) is 13.2. The smallest absolute Gasteiger partial charge is 0.424 e. The number of rotatable bonds is 7. The van der Waals surface area contributed by atoms with E-state index in [-0.39, 0.29) is 58.8 Å². The number of nitrogens with zero attached hydrogens (tertiary/aromatic N) is 1. The van der Waals surface area contributed by atoms with Crippen LogP contribution in [-0.2, 0) is 15.8 Å². The van der Waals surface area contributed by atoms with Crippen molar-refractivity contribution in [2.45, 2.75) is 24.1 Å². The molecule has 0 saturated carbocycles. The van der Waals surface area contributed by atoms with E-state index in [0.717, 1.165) is 18.2 Å². The van der Waals surface area contributed by atoms with Gasteiger partial charge < -0.3 is 35.1 Å². The van der Waals surface area contributed by atoms with Gasteiger partial charge in [0.1, 0.15) is 29.3 Å². The molecule has 1 aromatic heterocycles. The number of nitrogens with one attached hydrogen (secondary N) is 1. The third-order valence-corrected chi connectivity index (χ3v) is 7.05. The van der Waals surface area contributed by atoms with Gasteiger partial charge in [0.2, 0.25) is 24.1 Å². The summed E-state index contributed by atoms with van der Waals surface area (Å²) in [6.07, 6.45) is -5.36. The van der Waals surface area contributed by atoms with Crippen LogP contribution in [0.1, 0.15) is 28.5 Å². The van der Waals surface area contributed by atoms with E-state index in [1.807, 2.05) is 0 Å². The van der Waals surface area contributed by atoms with Gasteiger partial charge in [0.05, 0.1) is 19.3 Å². The van der Waals surface area contributed by atoms with Gasteiger partial charge in [-0.1, -0.05) is 0 Å². The van der Waals surface area contributed by atoms with Gasteiger partial charge in [-0.3, -0.25) is 9.59 Å². The van der Waals surface area contributed by atoms with Crippen LogP contribution in [0, 0.1) is 5.82 Å². The first-order valence-electron chi connectivity index (χ1n) is 12.1. The van der Waals surface area contributed by atoms with Crippen molar-refractivity contribution in [1.82, 2.24) is 10.3 Å². The Bertz CT molecular complexity index is 1550. The highest BCUT2D eigenvalue weighted by molar-refractivity contribution is 5.96. The summed E-state index contributed by atoms with van der Waals surface area (Å²) in [6.45, 7) is -0.432. The highest BCUT2D eigenvalue weighted by atomic mass is 19.4. The lowest BCUT2D eigenvalue weighted by molar-refractivity contribution is -0.265. The van der Waals surface area contributed by atoms with E-state index in [0.29, 0.717) is 0 Å². The second-order valence-corrected chi connectivity index (χ2v) is 9.68. The summed E-state index contributed by atoms with van der Waals surface area (Å²) in [6, 6.07) is 8.01. The zero-order valence-corrected chi connectivity index (χ0v) is 21.6. The lowest BCUT2D eigenvalue weighted by Gasteiger charge is -2.31. The second kappa shape index (κ2) is 9.80. The maximum absolute atomic E-state index is 14.6. The minimum absolute atomic E-state index is 0.0392. The molecule has 0 saturated heterocycles. The number of halogens is 4. The average molecular weight is 577 g/mol. The molecule has 3 aromatic rings. The van der Waals surface area contributed by atoms with Gasteiger partial charge in [0.25, 0.3) is 5.91 Å². The number of fused-ring (bicyclic) bond motifs is 2. The van der Waals surface area contributed by atoms with Crippen molar-refractivity contribution >= 4 is 11.8 Å². The topological polar surface area (TPSA) is 142 Å². The third kappa shape index (κ3) is 4.63. The first-order valence-corrected chi connectivity index (χ1v) is 12.1. The Labute approximate surface area is 230 Å². The SMILES string of the molecule is COc1cc(C(=O)NC[C@](O)(c2cc3c(c(-c4ccc(F)cc4)n2)OC[C@]3(C)C(N)=O)C(F)(F)F)cc2c1OCO2. The second-order valence-electron chi connectivity index (χ2n) is 9.68. The summed E-state index contributed by atoms with van der Waals surface area (Å²) < 4.78 is 78.6. The monoisotopic (exact) mass is 577 g/mol. The molecule has 0 bridgehead atoms. The molecule has 3 heterocycles. The van der Waals surface area contributed by atoms with E-state index in [4.69, 9.17) is 24.7 Å². The molecule has 0 unspecified atom stereocenters. The van der Waals surface area contributed by atoms with E-state index in [1.54, 1.807) is 0 Å². The van der Waals surface area contributed by atoms with Crippen LogP contribution in [-0.4, -0.2) is 55.1 Å². The van der Waals surface area contributed by atoms with Crippen molar-refractivity contribution in [3.63, 3.8) is 0 Å². The molecule has 2 aliphatic rings. The molecule has 0 fully saturated rings. The molecular weight excluding hydrogens is 554 g/mol. The van der Waals surface area contributed by atoms with Crippen LogP contribution in [0.15, 0.2) is 42.5 Å². The molecule has 5 rings (SSSR count). The number of carbonyl (C=O) groups excluding carboxylic acids is 2. The number of pyridine rings is 1. The predicted octanol–water partition coefficient (Wildman–Crippen LogP) is 2.94. The Morgan fingerprint density at radius 1 is 1.12 bits per heavy atom. The van der Waals surface area contributed by atoms with E-state index >= 15 is 0 Å². The van der Waals surface area contributed by atoms with Gasteiger partial charge >= 0.3 is 6.18 Å². The number of nitrogens with two attached hydrogens (primary N) is 1. The Balaban J connectivity index is 1.58. The van der Waals surface area contributed by atoms with E-state index < -0.39 is 47.1 Å². The molecule has 0 spiro atoms. The quantitative estimate of drug-likeness (QED) is 0.364. The number of carbonyl (C=O) groups is 2. The van der Waals surface area contributed by atoms with Gasteiger partial charge in [-0.15, -0.1) is 0 Å². The lowest BCUT2D eigenvalue weighted by Crippen LogP contribution is -2.51. The van der Waals surface area contributed by atoms with E-state index in [2.05, 4.69) is 10.3 Å². The third-order valence-electron chi connectivity index (χ3n) is 7.05. The summed E-state index contributed by atoms with van der Waals surface area (Å²) in [5.74, 6) is -2.04. The first kappa shape index (κ1) is 28.0. The van der Waals surface area contributed by atoms with Crippen molar-refractivity contribution < 1.29 is 51.2 Å². The average Bonchev–Trinajstić information content (AvgIpc) is 3.55. The fraction of sp³-hybridized carbons (Fsp3) is 0.296. The summed E-state index contributed by atoms with van der Waals surface area (Å²) in [7, 11) is 1.31. The molecular formula is C27H23F4N3O7. The minimum atomic E-state index is -5.36. The van der Waals surface area contributed by atoms with E-state index in [9.17, 15) is 32.3 Å². The van der Waals surface area contributed by atoms with Crippen LogP contribution in [0.4, 0.5) is 17.6 Å². The van der Waals surface area contributed by atoms with Crippen LogP contribution in [0.2, 0.25) is 0 Å². The maximum atomic E-state index is 14.6. The molecule has 14 heteroatoms. The van der Waals surface area contributed by atoms with Crippen molar-refractivity contribution in [3.05, 3.63) is 65.1 Å². The Morgan fingerprint density at radius 2 is 1.83 bits per heavy atom. The molecule has 2 aromatic carbocycles. The number of amides is 2. The van der Waals surface area contributed by atoms with Crippen molar-refractivity contribution in [3.8, 4) is 34.3 Å². The zero-order valence-electron chi connectivity index (χ0n) is 21.6. The van der Waals surface area contributed by atoms with Crippen molar-refractivity contribution in [2.24, 2.45) is 5.73 Å². The van der Waals surface area contributed by atoms with Crippen LogP contribution in [0.25, 0.3) is 11.3 Å². The fourth-order valence-electron chi connectivity index (χ4n) is 4.51. The maximum Gasteiger partial charge on any atom is 0.424 e. The molecule has 41 heavy (non-hydrogen) atoms. The van der Waals surface area contributed by atoms with Gasteiger partial charge in [-0.25, -0.2) is 9.37 Å². The van der Waals surface area contributed by atoms with E-state index in [1.165, 1.54) is 38.3 Å². The molecule has 2 amide bonds. The van der Waals surface area contributed by atoms with Crippen LogP contribution in [0.5, 0.6) is 23.0 Å². The highest BCUT2D eigenvalue weighted by Crippen LogP contribution is 2.48. The first-order chi connectivity index (χ1) is 19.3. The van der Waals surface area contributed by atoms with Crippen LogP contribution < -0.4 is 30.0 Å². The molecule has 2 atom stereocenters. The van der Waals surface area contributed by atoms with Gasteiger partial charge in [-0.2, -0.15) is 13.2 Å². The molecule has 0 aliphatic carbocycles. The molecule has 10 nitrogen and oxygen atoms in total. The fourth-order valence-corrected chi connectivity index (χ4v) is 4.51. The number of ether oxygens (including phenoxy) is 4. The predicted molar refractivity (Wildman–Crippen MR) is 133 cm³/mol. The largest absolute Gasteiger partial charge is 0.493 e. The van der Waals surface area contributed by atoms with Gasteiger partial charge in [-0.05, 0) is 49.4 Å². The van der Waals surface area contributed by atoms with Gasteiger partial charge in [0, 0.05) is 16.7 Å². The highest BCUT2D eigenvalue weighted by Gasteiger charge is 2.57. The molecule has 216 valence electrons. The Morgan fingerprint density at radius 3 is 2.46 bits per heavy atom. The number of aromatic nitrogens is 1. The summed E-state index contributed by atoms with van der Waals surface area (Å²) >= 11 is 0. The number of benzene rings is 2. The normalized spacial score (nSPS) is 18.7. The number of aliphatic hydroxyl groups is 1. The summed E-state index contributed by atoms with van der Waals surface area (Å²) in [5.41, 5.74) is -0.895. The van der Waals surface area contributed by atoms with Crippen LogP contribution in [0.3, 0.4) is 0 Å². The Kier molecular flexibility index (Phi) is 6.68. The van der Waals surface area contributed by atoms with Gasteiger partial charge in [0.15, 0.2) is 11.5 Å². The zero-order chi connectivity index (χ0) is 29.7. The number of primary amides is 1. The number of methoxy groups -OCH3 is 1. The Hall–Kier alpha value is -4.59. The molecule has 4 N–H and O–H groups in total. The van der Waals surface area contributed by atoms with Crippen molar-refractivity contribution in [2.75, 3.05) is 27.1 Å².